The standard InChI is InChI=1S/C20H22N4O2S/c1-13-5-10-16-17(12-13)27-19(24-16)14-6-8-15(9-7-14)23-18(25)4-2-3-11-22-20(21)26/h5-10,12H,2-4,11H2,1H3,(H,23,25)(H3,21,22,26). The number of unbranched alkanes of at least 4 members (excludes halogenated alkanes) is 1. The second-order valence-corrected chi connectivity index (χ2v) is 7.39. The molecule has 3 amide bonds. The van der Waals surface area contributed by atoms with Gasteiger partial charge in [0.2, 0.25) is 5.91 Å². The Hall–Kier alpha value is -2.93. The fourth-order valence-corrected chi connectivity index (χ4v) is 3.77. The number of fused-ring (bicyclic) bond motifs is 1. The van der Waals surface area contributed by atoms with Gasteiger partial charge in [-0.15, -0.1) is 11.3 Å². The lowest BCUT2D eigenvalue weighted by Gasteiger charge is -2.06. The predicted molar refractivity (Wildman–Crippen MR) is 110 cm³/mol. The van der Waals surface area contributed by atoms with Crippen molar-refractivity contribution in [1.29, 1.82) is 0 Å². The number of rotatable bonds is 7. The number of nitrogens with one attached hydrogen (secondary N) is 2. The molecule has 0 spiro atoms. The number of thiazole rings is 1. The van der Waals surface area contributed by atoms with E-state index in [-0.39, 0.29) is 5.91 Å². The molecule has 4 N–H and O–H groups in total. The first-order chi connectivity index (χ1) is 13.0. The number of aromatic nitrogens is 1. The molecule has 0 aliphatic rings. The van der Waals surface area contributed by atoms with Crippen LogP contribution >= 0.6 is 11.3 Å². The first-order valence-electron chi connectivity index (χ1n) is 8.82. The molecule has 0 aliphatic carbocycles. The van der Waals surface area contributed by atoms with Gasteiger partial charge in [0.25, 0.3) is 0 Å². The number of benzene rings is 2. The molecule has 7 heteroatoms. The van der Waals surface area contributed by atoms with E-state index >= 15 is 0 Å². The summed E-state index contributed by atoms with van der Waals surface area (Å²) in [6, 6.07) is 13.4. The van der Waals surface area contributed by atoms with Crippen molar-refractivity contribution in [2.24, 2.45) is 5.73 Å². The zero-order chi connectivity index (χ0) is 19.2. The minimum absolute atomic E-state index is 0.0442. The van der Waals surface area contributed by atoms with E-state index in [0.717, 1.165) is 21.8 Å². The van der Waals surface area contributed by atoms with Gasteiger partial charge in [-0.3, -0.25) is 4.79 Å². The molecule has 0 bridgehead atoms. The number of aryl methyl sites for hydroxylation is 1. The van der Waals surface area contributed by atoms with E-state index in [1.165, 1.54) is 10.3 Å². The largest absolute Gasteiger partial charge is 0.352 e. The molecule has 0 fully saturated rings. The highest BCUT2D eigenvalue weighted by Gasteiger charge is 2.07. The lowest BCUT2D eigenvalue weighted by molar-refractivity contribution is -0.116. The summed E-state index contributed by atoms with van der Waals surface area (Å²) in [6.45, 7) is 2.56. The Kier molecular flexibility index (Phi) is 6.03. The molecule has 0 atom stereocenters. The van der Waals surface area contributed by atoms with Crippen molar-refractivity contribution in [3.63, 3.8) is 0 Å². The Morgan fingerprint density at radius 1 is 1.11 bits per heavy atom. The van der Waals surface area contributed by atoms with Crippen LogP contribution in [0.2, 0.25) is 0 Å². The monoisotopic (exact) mass is 382 g/mol. The summed E-state index contributed by atoms with van der Waals surface area (Å²) >= 11 is 1.66. The number of anilines is 1. The van der Waals surface area contributed by atoms with Crippen molar-refractivity contribution in [3.05, 3.63) is 48.0 Å². The average molecular weight is 382 g/mol. The number of carbonyl (C=O) groups excluding carboxylic acids is 2. The number of urea groups is 1. The van der Waals surface area contributed by atoms with Crippen LogP contribution in [0, 0.1) is 6.92 Å². The van der Waals surface area contributed by atoms with Crippen LogP contribution in [0.3, 0.4) is 0 Å². The third kappa shape index (κ3) is 5.27. The van der Waals surface area contributed by atoms with Gasteiger partial charge in [-0.05, 0) is 61.7 Å². The zero-order valence-electron chi connectivity index (χ0n) is 15.1. The van der Waals surface area contributed by atoms with Crippen LogP contribution in [-0.2, 0) is 4.79 Å². The minimum atomic E-state index is -0.539. The molecule has 27 heavy (non-hydrogen) atoms. The molecule has 0 saturated heterocycles. The van der Waals surface area contributed by atoms with Gasteiger partial charge in [0.15, 0.2) is 0 Å². The lowest BCUT2D eigenvalue weighted by Crippen LogP contribution is -2.30. The smallest absolute Gasteiger partial charge is 0.312 e. The summed E-state index contributed by atoms with van der Waals surface area (Å²) in [6.07, 6.45) is 1.81. The number of hydrogen-bond donors (Lipinski definition) is 3. The molecule has 6 nitrogen and oxygen atoms in total. The van der Waals surface area contributed by atoms with Gasteiger partial charge in [0.05, 0.1) is 10.2 Å². The van der Waals surface area contributed by atoms with Crippen molar-refractivity contribution < 1.29 is 9.59 Å². The number of amides is 3. The van der Waals surface area contributed by atoms with Gasteiger partial charge in [-0.2, -0.15) is 0 Å². The number of hydrogen-bond acceptors (Lipinski definition) is 4. The molecular weight excluding hydrogens is 360 g/mol. The first kappa shape index (κ1) is 18.8. The average Bonchev–Trinajstić information content (AvgIpc) is 3.05. The van der Waals surface area contributed by atoms with Gasteiger partial charge in [-0.1, -0.05) is 6.07 Å². The molecule has 1 heterocycles. The molecule has 0 saturated carbocycles. The summed E-state index contributed by atoms with van der Waals surface area (Å²) in [5.41, 5.74) is 9.01. The molecule has 140 valence electrons. The highest BCUT2D eigenvalue weighted by molar-refractivity contribution is 7.21. The van der Waals surface area contributed by atoms with E-state index in [9.17, 15) is 9.59 Å². The number of carbonyl (C=O) groups is 2. The van der Waals surface area contributed by atoms with Crippen LogP contribution < -0.4 is 16.4 Å². The summed E-state index contributed by atoms with van der Waals surface area (Å²) < 4.78 is 1.17. The normalized spacial score (nSPS) is 10.7. The highest BCUT2D eigenvalue weighted by Crippen LogP contribution is 2.31. The Morgan fingerprint density at radius 3 is 2.63 bits per heavy atom. The third-order valence-corrected chi connectivity index (χ3v) is 5.16. The zero-order valence-corrected chi connectivity index (χ0v) is 15.9. The molecule has 1 aromatic heterocycles. The number of nitrogens with zero attached hydrogens (tertiary/aromatic N) is 1. The Bertz CT molecular complexity index is 950. The van der Waals surface area contributed by atoms with Crippen molar-refractivity contribution in [1.82, 2.24) is 10.3 Å². The first-order valence-corrected chi connectivity index (χ1v) is 9.64. The molecule has 2 aromatic carbocycles. The van der Waals surface area contributed by atoms with Gasteiger partial charge in [0, 0.05) is 24.2 Å². The van der Waals surface area contributed by atoms with Gasteiger partial charge in [0.1, 0.15) is 5.01 Å². The summed E-state index contributed by atoms with van der Waals surface area (Å²) in [5.74, 6) is -0.0442. The quantitative estimate of drug-likeness (QED) is 0.538. The van der Waals surface area contributed by atoms with E-state index in [1.54, 1.807) is 11.3 Å². The summed E-state index contributed by atoms with van der Waals surface area (Å²) in [4.78, 5) is 27.2. The van der Waals surface area contributed by atoms with Gasteiger partial charge in [-0.25, -0.2) is 9.78 Å². The fourth-order valence-electron chi connectivity index (χ4n) is 2.70. The number of nitrogens with two attached hydrogens (primary N) is 1. The van der Waals surface area contributed by atoms with E-state index in [2.05, 4.69) is 34.7 Å². The SMILES string of the molecule is Cc1ccc2nc(-c3ccc(NC(=O)CCCCNC(N)=O)cc3)sc2c1. The maximum absolute atomic E-state index is 12.0. The van der Waals surface area contributed by atoms with Crippen molar-refractivity contribution >= 4 is 39.2 Å². The molecule has 0 radical (unpaired) electrons. The van der Waals surface area contributed by atoms with E-state index in [0.29, 0.717) is 25.8 Å². The van der Waals surface area contributed by atoms with E-state index in [4.69, 9.17) is 5.73 Å². The topological polar surface area (TPSA) is 97.1 Å². The van der Waals surface area contributed by atoms with Crippen molar-refractivity contribution in [2.75, 3.05) is 11.9 Å². The maximum Gasteiger partial charge on any atom is 0.312 e. The Balaban J connectivity index is 1.55. The van der Waals surface area contributed by atoms with Crippen LogP contribution in [0.5, 0.6) is 0 Å². The van der Waals surface area contributed by atoms with E-state index in [1.807, 2.05) is 30.3 Å². The Labute approximate surface area is 161 Å². The lowest BCUT2D eigenvalue weighted by atomic mass is 10.2. The van der Waals surface area contributed by atoms with Crippen LogP contribution in [0.25, 0.3) is 20.8 Å². The van der Waals surface area contributed by atoms with Gasteiger partial charge < -0.3 is 16.4 Å². The highest BCUT2D eigenvalue weighted by atomic mass is 32.1. The Morgan fingerprint density at radius 2 is 1.89 bits per heavy atom. The molecule has 3 rings (SSSR count). The second-order valence-electron chi connectivity index (χ2n) is 6.36. The second kappa shape index (κ2) is 8.64. The van der Waals surface area contributed by atoms with Gasteiger partial charge >= 0.3 is 6.03 Å². The summed E-state index contributed by atoms with van der Waals surface area (Å²) in [5, 5.41) is 6.36. The maximum atomic E-state index is 12.0. The molecule has 0 unspecified atom stereocenters. The van der Waals surface area contributed by atoms with Crippen molar-refractivity contribution in [3.8, 4) is 10.6 Å². The van der Waals surface area contributed by atoms with Crippen LogP contribution in [0.4, 0.5) is 10.5 Å². The molecule has 0 aliphatic heterocycles. The van der Waals surface area contributed by atoms with Crippen LogP contribution in [-0.4, -0.2) is 23.5 Å². The fraction of sp³-hybridized carbons (Fsp3) is 0.250. The third-order valence-electron chi connectivity index (χ3n) is 4.09. The van der Waals surface area contributed by atoms with Crippen LogP contribution in [0.1, 0.15) is 24.8 Å². The number of primary amides is 1. The molecular formula is C20H22N4O2S. The summed E-state index contributed by atoms with van der Waals surface area (Å²) in [7, 11) is 0. The predicted octanol–water partition coefficient (Wildman–Crippen LogP) is 4.05. The van der Waals surface area contributed by atoms with Crippen LogP contribution in [0.15, 0.2) is 42.5 Å². The molecule has 3 aromatic rings. The van der Waals surface area contributed by atoms with Crippen molar-refractivity contribution in [2.45, 2.75) is 26.2 Å². The van der Waals surface area contributed by atoms with E-state index < -0.39 is 6.03 Å². The minimum Gasteiger partial charge on any atom is -0.352 e.